The second-order valence-electron chi connectivity index (χ2n) is 5.36. The third kappa shape index (κ3) is 4.55. The summed E-state index contributed by atoms with van der Waals surface area (Å²) in [5.41, 5.74) is 0. The molecule has 24 heavy (non-hydrogen) atoms. The normalized spacial score (nSPS) is 17.4. The maximum Gasteiger partial charge on any atom is 0.252 e. The summed E-state index contributed by atoms with van der Waals surface area (Å²) in [7, 11) is -5.65. The zero-order chi connectivity index (χ0) is 18.1. The molecule has 2 rings (SSSR count). The zero-order valence-corrected chi connectivity index (χ0v) is 17.2. The predicted molar refractivity (Wildman–Crippen MR) is 94.8 cm³/mol. The van der Waals surface area contributed by atoms with Gasteiger partial charge in [-0.3, -0.25) is 4.79 Å². The lowest BCUT2D eigenvalue weighted by molar-refractivity contribution is -0.132. The highest BCUT2D eigenvalue weighted by Crippen LogP contribution is 2.28. The summed E-state index contributed by atoms with van der Waals surface area (Å²) in [5.74, 6) is -0.334. The molecule has 136 valence electrons. The Morgan fingerprint density at radius 3 is 2.25 bits per heavy atom. The summed E-state index contributed by atoms with van der Waals surface area (Å²) in [6, 6.07) is 3.22. The van der Waals surface area contributed by atoms with Crippen LogP contribution in [-0.2, 0) is 24.8 Å². The molecule has 12 heteroatoms. The van der Waals surface area contributed by atoms with Gasteiger partial charge >= 0.3 is 0 Å². The fourth-order valence-electron chi connectivity index (χ4n) is 2.15. The monoisotopic (exact) mass is 459 g/mol. The molecule has 0 unspecified atom stereocenters. The number of thiophene rings is 1. The first-order valence-electron chi connectivity index (χ1n) is 6.96. The molecule has 0 aromatic carbocycles. The number of carbonyl (C=O) groups is 1. The number of carbonyl (C=O) groups excluding carboxylic acids is 1. The molecule has 0 atom stereocenters. The van der Waals surface area contributed by atoms with E-state index in [-0.39, 0.29) is 42.8 Å². The van der Waals surface area contributed by atoms with E-state index < -0.39 is 20.0 Å². The predicted octanol–water partition coefficient (Wildman–Crippen LogP) is 0.235. The Balaban J connectivity index is 1.97. The molecule has 1 aliphatic rings. The van der Waals surface area contributed by atoms with Crippen molar-refractivity contribution in [3.63, 3.8) is 0 Å². The Hall–Kier alpha value is -0.530. The van der Waals surface area contributed by atoms with Crippen molar-refractivity contribution in [1.29, 1.82) is 0 Å². The second kappa shape index (κ2) is 7.38. The van der Waals surface area contributed by atoms with Gasteiger partial charge in [-0.2, -0.15) is 8.61 Å². The minimum Gasteiger partial charge on any atom is -0.339 e. The second-order valence-corrected chi connectivity index (χ2v) is 12.1. The van der Waals surface area contributed by atoms with E-state index in [1.807, 2.05) is 0 Å². The number of piperazine rings is 1. The molecular formula is C12H18BrN3O5S3. The molecule has 0 bridgehead atoms. The Kier molecular flexibility index (Phi) is 6.08. The van der Waals surface area contributed by atoms with Crippen LogP contribution in [0.25, 0.3) is 0 Å². The molecule has 0 radical (unpaired) electrons. The number of hydrogen-bond donors (Lipinski definition) is 0. The largest absolute Gasteiger partial charge is 0.339 e. The summed E-state index contributed by atoms with van der Waals surface area (Å²) >= 11 is 4.38. The van der Waals surface area contributed by atoms with Gasteiger partial charge in [0.15, 0.2) is 0 Å². The first kappa shape index (κ1) is 19.8. The van der Waals surface area contributed by atoms with Crippen molar-refractivity contribution in [2.75, 3.05) is 46.0 Å². The first-order chi connectivity index (χ1) is 11.0. The first-order valence-corrected chi connectivity index (χ1v) is 11.9. The summed E-state index contributed by atoms with van der Waals surface area (Å²) in [5, 5.41) is 0. The lowest BCUT2D eigenvalue weighted by Crippen LogP contribution is -2.52. The number of amides is 1. The van der Waals surface area contributed by atoms with E-state index in [9.17, 15) is 21.6 Å². The van der Waals surface area contributed by atoms with E-state index in [4.69, 9.17) is 0 Å². The average Bonchev–Trinajstić information content (AvgIpc) is 2.93. The van der Waals surface area contributed by atoms with Gasteiger partial charge in [0.1, 0.15) is 4.21 Å². The van der Waals surface area contributed by atoms with Crippen molar-refractivity contribution in [2.45, 2.75) is 4.21 Å². The van der Waals surface area contributed by atoms with Crippen molar-refractivity contribution in [3.8, 4) is 0 Å². The van der Waals surface area contributed by atoms with E-state index in [0.29, 0.717) is 0 Å². The van der Waals surface area contributed by atoms with Crippen LogP contribution in [-0.4, -0.2) is 82.3 Å². The number of halogens is 1. The lowest BCUT2D eigenvalue weighted by atomic mass is 10.3. The zero-order valence-electron chi connectivity index (χ0n) is 13.2. The molecule has 1 fully saturated rings. The van der Waals surface area contributed by atoms with Gasteiger partial charge in [-0.15, -0.1) is 11.3 Å². The number of hydrogen-bond acceptors (Lipinski definition) is 6. The molecule has 0 N–H and O–H groups in total. The summed E-state index contributed by atoms with van der Waals surface area (Å²) in [4.78, 5) is 13.6. The van der Waals surface area contributed by atoms with Crippen LogP contribution in [0.2, 0.25) is 0 Å². The number of sulfonamides is 2. The van der Waals surface area contributed by atoms with E-state index in [1.165, 1.54) is 16.3 Å². The molecular weight excluding hydrogens is 442 g/mol. The van der Waals surface area contributed by atoms with Gasteiger partial charge in [-0.1, -0.05) is 0 Å². The highest BCUT2D eigenvalue weighted by atomic mass is 79.9. The number of likely N-dealkylation sites (N-methyl/N-ethyl adjacent to an activating group) is 1. The molecule has 1 amide bonds. The Morgan fingerprint density at radius 2 is 1.79 bits per heavy atom. The van der Waals surface area contributed by atoms with Gasteiger partial charge in [-0.25, -0.2) is 16.8 Å². The van der Waals surface area contributed by atoms with Crippen LogP contribution >= 0.6 is 27.3 Å². The van der Waals surface area contributed by atoms with Crippen LogP contribution < -0.4 is 0 Å². The third-order valence-electron chi connectivity index (χ3n) is 3.66. The van der Waals surface area contributed by atoms with Crippen molar-refractivity contribution in [1.82, 2.24) is 13.5 Å². The molecule has 2 heterocycles. The fourth-order valence-corrected chi connectivity index (χ4v) is 6.08. The molecule has 1 aromatic rings. The standard InChI is InChI=1S/C12H18BrN3O5S3/c1-14(23(2,18)19)9-11(17)15-5-7-16(8-6-15)24(20,21)12-4-3-10(13)22-12/h3-4H,5-9H2,1-2H3. The summed E-state index contributed by atoms with van der Waals surface area (Å²) in [6.07, 6.45) is 1.03. The quantitative estimate of drug-likeness (QED) is 0.627. The smallest absolute Gasteiger partial charge is 0.252 e. The maximum atomic E-state index is 12.5. The highest BCUT2D eigenvalue weighted by Gasteiger charge is 2.31. The Labute approximate surface area is 154 Å². The minimum atomic E-state index is -3.56. The maximum absolute atomic E-state index is 12.5. The number of nitrogens with zero attached hydrogens (tertiary/aromatic N) is 3. The van der Waals surface area contributed by atoms with Gasteiger partial charge in [0, 0.05) is 33.2 Å². The lowest BCUT2D eigenvalue weighted by Gasteiger charge is -2.34. The molecule has 8 nitrogen and oxygen atoms in total. The van der Waals surface area contributed by atoms with Crippen LogP contribution in [0.4, 0.5) is 0 Å². The Morgan fingerprint density at radius 1 is 1.21 bits per heavy atom. The van der Waals surface area contributed by atoms with Gasteiger partial charge in [0.05, 0.1) is 16.6 Å². The van der Waals surface area contributed by atoms with Crippen LogP contribution in [0.15, 0.2) is 20.1 Å². The fraction of sp³-hybridized carbons (Fsp3) is 0.583. The van der Waals surface area contributed by atoms with Gasteiger partial charge in [0.25, 0.3) is 10.0 Å². The van der Waals surface area contributed by atoms with Crippen LogP contribution in [0.5, 0.6) is 0 Å². The van der Waals surface area contributed by atoms with E-state index in [1.54, 1.807) is 12.1 Å². The van der Waals surface area contributed by atoms with E-state index in [2.05, 4.69) is 15.9 Å². The van der Waals surface area contributed by atoms with E-state index >= 15 is 0 Å². The average molecular weight is 460 g/mol. The molecule has 0 saturated carbocycles. The highest BCUT2D eigenvalue weighted by molar-refractivity contribution is 9.11. The Bertz CT molecular complexity index is 813. The number of rotatable bonds is 5. The molecule has 0 spiro atoms. The molecule has 1 saturated heterocycles. The van der Waals surface area contributed by atoms with Crippen LogP contribution in [0.3, 0.4) is 0 Å². The summed E-state index contributed by atoms with van der Waals surface area (Å²) in [6.45, 7) is 0.603. The van der Waals surface area contributed by atoms with Crippen molar-refractivity contribution in [3.05, 3.63) is 15.9 Å². The van der Waals surface area contributed by atoms with Crippen molar-refractivity contribution < 1.29 is 21.6 Å². The van der Waals surface area contributed by atoms with Crippen molar-refractivity contribution in [2.24, 2.45) is 0 Å². The molecule has 0 aliphatic carbocycles. The van der Waals surface area contributed by atoms with E-state index in [0.717, 1.165) is 25.7 Å². The minimum absolute atomic E-state index is 0.187. The third-order valence-corrected chi connectivity index (χ3v) is 8.91. The molecule has 1 aliphatic heterocycles. The molecule has 1 aromatic heterocycles. The summed E-state index contributed by atoms with van der Waals surface area (Å²) < 4.78 is 51.0. The SMILES string of the molecule is CN(CC(=O)N1CCN(S(=O)(=O)c2ccc(Br)s2)CC1)S(C)(=O)=O. The van der Waals surface area contributed by atoms with Gasteiger partial charge < -0.3 is 4.90 Å². The topological polar surface area (TPSA) is 95.1 Å². The van der Waals surface area contributed by atoms with Crippen molar-refractivity contribution >= 4 is 53.2 Å². The van der Waals surface area contributed by atoms with Crippen LogP contribution in [0, 0.1) is 0 Å². The van der Waals surface area contributed by atoms with Gasteiger partial charge in [0.2, 0.25) is 15.9 Å². The van der Waals surface area contributed by atoms with Crippen LogP contribution in [0.1, 0.15) is 0 Å². The van der Waals surface area contributed by atoms with Gasteiger partial charge in [-0.05, 0) is 28.1 Å².